The molecule has 1 saturated heterocycles. The van der Waals surface area contributed by atoms with Crippen molar-refractivity contribution < 1.29 is 23.0 Å². The molecule has 0 radical (unpaired) electrons. The Hall–Kier alpha value is -3.92. The van der Waals surface area contributed by atoms with Crippen molar-refractivity contribution in [2.24, 2.45) is 0 Å². The molecule has 0 aliphatic carbocycles. The Kier molecular flexibility index (Phi) is 7.49. The standard InChI is InChI=1S/C27H30F2N4O4/c1-5-31-18-11-32(12-18)26-10-25-19(8-22(26)29)27(35)20(15(3)36-6-2)13-33(25)24-9-23(30)21(28)7-17(24)14-37-16(4)34/h7-10,13,18,31H,3,5-6,11-12,14,30H2,1-2,4H3. The summed E-state index contributed by atoms with van der Waals surface area (Å²) in [5, 5.41) is 3.41. The molecule has 8 nitrogen and oxygen atoms in total. The van der Waals surface area contributed by atoms with Crippen molar-refractivity contribution in [2.75, 3.05) is 36.9 Å². The number of likely N-dealkylation sites (N-methyl/N-ethyl adjacent to an activating group) is 1. The van der Waals surface area contributed by atoms with E-state index in [4.69, 9.17) is 15.2 Å². The first-order valence-electron chi connectivity index (χ1n) is 12.1. The zero-order valence-electron chi connectivity index (χ0n) is 21.1. The number of hydrogen-bond donors (Lipinski definition) is 2. The van der Waals surface area contributed by atoms with Gasteiger partial charge in [0.1, 0.15) is 24.0 Å². The summed E-state index contributed by atoms with van der Waals surface area (Å²) in [7, 11) is 0. The van der Waals surface area contributed by atoms with Gasteiger partial charge < -0.3 is 30.0 Å². The molecule has 10 heteroatoms. The maximum absolute atomic E-state index is 15.3. The second kappa shape index (κ2) is 10.6. The van der Waals surface area contributed by atoms with E-state index in [0.717, 1.165) is 6.54 Å². The fourth-order valence-electron chi connectivity index (χ4n) is 4.46. The molecule has 0 bridgehead atoms. The quantitative estimate of drug-likeness (QED) is 0.256. The number of anilines is 2. The maximum Gasteiger partial charge on any atom is 0.302 e. The number of nitrogens with one attached hydrogen (secondary N) is 1. The lowest BCUT2D eigenvalue weighted by Gasteiger charge is -2.41. The van der Waals surface area contributed by atoms with Crippen molar-refractivity contribution in [3.05, 3.63) is 70.0 Å². The van der Waals surface area contributed by atoms with E-state index < -0.39 is 23.0 Å². The Balaban J connectivity index is 1.97. The Morgan fingerprint density at radius 1 is 1.14 bits per heavy atom. The Morgan fingerprint density at radius 2 is 1.86 bits per heavy atom. The number of pyridine rings is 1. The molecule has 3 aromatic rings. The molecule has 2 aromatic carbocycles. The summed E-state index contributed by atoms with van der Waals surface area (Å²) in [5.41, 5.74) is 6.79. The molecule has 0 atom stereocenters. The van der Waals surface area contributed by atoms with E-state index in [0.29, 0.717) is 35.5 Å². The van der Waals surface area contributed by atoms with Gasteiger partial charge in [-0.15, -0.1) is 0 Å². The van der Waals surface area contributed by atoms with E-state index in [1.807, 2.05) is 11.8 Å². The van der Waals surface area contributed by atoms with Gasteiger partial charge in [0.15, 0.2) is 5.43 Å². The molecule has 0 spiro atoms. The fraction of sp³-hybridized carbons (Fsp3) is 0.333. The van der Waals surface area contributed by atoms with Crippen molar-refractivity contribution >= 4 is 34.0 Å². The predicted octanol–water partition coefficient (Wildman–Crippen LogP) is 3.72. The van der Waals surface area contributed by atoms with E-state index in [1.54, 1.807) is 17.6 Å². The lowest BCUT2D eigenvalue weighted by atomic mass is 10.0. The van der Waals surface area contributed by atoms with Gasteiger partial charge in [-0.2, -0.15) is 0 Å². The van der Waals surface area contributed by atoms with Gasteiger partial charge in [-0.25, -0.2) is 8.78 Å². The number of rotatable bonds is 9. The number of aromatic nitrogens is 1. The molecule has 196 valence electrons. The summed E-state index contributed by atoms with van der Waals surface area (Å²) in [4.78, 5) is 26.8. The first kappa shape index (κ1) is 26.2. The summed E-state index contributed by atoms with van der Waals surface area (Å²) < 4.78 is 42.0. The van der Waals surface area contributed by atoms with E-state index in [9.17, 15) is 14.0 Å². The number of carbonyl (C=O) groups excluding carboxylic acids is 1. The van der Waals surface area contributed by atoms with Crippen molar-refractivity contribution in [3.63, 3.8) is 0 Å². The minimum atomic E-state index is -0.683. The third kappa shape index (κ3) is 5.15. The number of esters is 1. The normalized spacial score (nSPS) is 13.5. The summed E-state index contributed by atoms with van der Waals surface area (Å²) >= 11 is 0. The van der Waals surface area contributed by atoms with Gasteiger partial charge in [-0.1, -0.05) is 13.5 Å². The van der Waals surface area contributed by atoms with Crippen LogP contribution in [0.4, 0.5) is 20.2 Å². The van der Waals surface area contributed by atoms with Crippen LogP contribution in [0.3, 0.4) is 0 Å². The lowest BCUT2D eigenvalue weighted by molar-refractivity contribution is -0.142. The van der Waals surface area contributed by atoms with Gasteiger partial charge in [-0.3, -0.25) is 9.59 Å². The van der Waals surface area contributed by atoms with E-state index in [-0.39, 0.29) is 41.7 Å². The molecule has 1 aliphatic heterocycles. The van der Waals surface area contributed by atoms with Crippen LogP contribution in [0.25, 0.3) is 22.3 Å². The van der Waals surface area contributed by atoms with Crippen LogP contribution in [0.2, 0.25) is 0 Å². The van der Waals surface area contributed by atoms with E-state index in [2.05, 4.69) is 11.9 Å². The monoisotopic (exact) mass is 512 g/mol. The highest BCUT2D eigenvalue weighted by Gasteiger charge is 2.29. The van der Waals surface area contributed by atoms with Crippen molar-refractivity contribution in [1.82, 2.24) is 9.88 Å². The van der Waals surface area contributed by atoms with Crippen molar-refractivity contribution in [3.8, 4) is 5.69 Å². The molecule has 1 aliphatic rings. The number of ether oxygens (including phenoxy) is 2. The van der Waals surface area contributed by atoms with E-state index >= 15 is 4.39 Å². The van der Waals surface area contributed by atoms with Crippen molar-refractivity contribution in [1.29, 1.82) is 0 Å². The molecule has 1 aromatic heterocycles. The number of benzene rings is 2. The Bertz CT molecular complexity index is 1430. The molecular formula is C27H30F2N4O4. The molecule has 0 unspecified atom stereocenters. The molecule has 1 fully saturated rings. The van der Waals surface area contributed by atoms with Gasteiger partial charge in [0.2, 0.25) is 0 Å². The summed E-state index contributed by atoms with van der Waals surface area (Å²) in [5.74, 6) is -1.66. The highest BCUT2D eigenvalue weighted by Crippen LogP contribution is 2.32. The van der Waals surface area contributed by atoms with Crippen LogP contribution in [0.5, 0.6) is 0 Å². The Morgan fingerprint density at radius 3 is 2.51 bits per heavy atom. The number of nitrogens with two attached hydrogens (primary N) is 1. The zero-order chi connectivity index (χ0) is 26.9. The number of carbonyl (C=O) groups is 1. The largest absolute Gasteiger partial charge is 0.494 e. The molecule has 0 saturated carbocycles. The number of fused-ring (bicyclic) bond motifs is 1. The van der Waals surface area contributed by atoms with Crippen LogP contribution < -0.4 is 21.4 Å². The smallest absolute Gasteiger partial charge is 0.302 e. The average Bonchev–Trinajstić information content (AvgIpc) is 2.82. The SMILES string of the molecule is C=C(OCC)c1cn(-c2cc(N)c(F)cc2COC(C)=O)c2cc(N3CC(NCC)C3)c(F)cc2c1=O. The lowest BCUT2D eigenvalue weighted by Crippen LogP contribution is -2.58. The second-order valence-corrected chi connectivity index (χ2v) is 8.86. The van der Waals surface area contributed by atoms with Gasteiger partial charge in [0.25, 0.3) is 0 Å². The van der Waals surface area contributed by atoms with Crippen molar-refractivity contribution in [2.45, 2.75) is 33.4 Å². The molecule has 37 heavy (non-hydrogen) atoms. The summed E-state index contributed by atoms with van der Waals surface area (Å²) in [6, 6.07) is 5.60. The third-order valence-corrected chi connectivity index (χ3v) is 6.29. The van der Waals surface area contributed by atoms with Gasteiger partial charge >= 0.3 is 5.97 Å². The molecule has 2 heterocycles. The van der Waals surface area contributed by atoms with Gasteiger partial charge in [0, 0.05) is 43.2 Å². The number of hydrogen-bond acceptors (Lipinski definition) is 7. The van der Waals surface area contributed by atoms with Crippen LogP contribution in [0.15, 0.2) is 41.8 Å². The second-order valence-electron chi connectivity index (χ2n) is 8.86. The van der Waals surface area contributed by atoms with Crippen LogP contribution in [-0.4, -0.2) is 42.8 Å². The van der Waals surface area contributed by atoms with E-state index in [1.165, 1.54) is 31.3 Å². The third-order valence-electron chi connectivity index (χ3n) is 6.29. The fourth-order valence-corrected chi connectivity index (χ4v) is 4.46. The Labute approximate surface area is 213 Å². The van der Waals surface area contributed by atoms with Crippen LogP contribution >= 0.6 is 0 Å². The molecule has 0 amide bonds. The number of nitrogens with zero attached hydrogens (tertiary/aromatic N) is 2. The topological polar surface area (TPSA) is 98.8 Å². The highest BCUT2D eigenvalue weighted by molar-refractivity contribution is 5.87. The minimum Gasteiger partial charge on any atom is -0.494 e. The first-order chi connectivity index (χ1) is 17.6. The van der Waals surface area contributed by atoms with Crippen LogP contribution in [0.1, 0.15) is 31.9 Å². The van der Waals surface area contributed by atoms with Gasteiger partial charge in [-0.05, 0) is 37.7 Å². The van der Waals surface area contributed by atoms with Gasteiger partial charge in [0.05, 0.1) is 34.7 Å². The number of nitrogen functional groups attached to an aromatic ring is 1. The van der Waals surface area contributed by atoms with Crippen LogP contribution in [0, 0.1) is 11.6 Å². The highest BCUT2D eigenvalue weighted by atomic mass is 19.1. The maximum atomic E-state index is 15.3. The average molecular weight is 513 g/mol. The summed E-state index contributed by atoms with van der Waals surface area (Å²) in [6.07, 6.45) is 1.51. The first-order valence-corrected chi connectivity index (χ1v) is 12.1. The molecule has 3 N–H and O–H groups in total. The predicted molar refractivity (Wildman–Crippen MR) is 140 cm³/mol. The zero-order valence-corrected chi connectivity index (χ0v) is 21.1. The minimum absolute atomic E-state index is 0.0877. The molecule has 4 rings (SSSR count). The molecular weight excluding hydrogens is 482 g/mol. The summed E-state index contributed by atoms with van der Waals surface area (Å²) in [6.45, 7) is 10.9. The van der Waals surface area contributed by atoms with Crippen LogP contribution in [-0.2, 0) is 20.9 Å². The number of halogens is 2.